The summed E-state index contributed by atoms with van der Waals surface area (Å²) in [5.41, 5.74) is 2.79. The molecule has 17 heavy (non-hydrogen) atoms. The molecule has 2 aromatic heterocycles. The molecule has 0 atom stereocenters. The number of aryl methyl sites for hydroxylation is 3. The zero-order valence-electron chi connectivity index (χ0n) is 10.1. The third-order valence-corrected chi connectivity index (χ3v) is 2.62. The molecule has 0 amide bonds. The molecule has 0 bridgehead atoms. The van der Waals surface area contributed by atoms with E-state index < -0.39 is 0 Å². The highest BCUT2D eigenvalue weighted by molar-refractivity contribution is 6.17. The van der Waals surface area contributed by atoms with Gasteiger partial charge in [-0.05, 0) is 25.5 Å². The minimum absolute atomic E-state index is 0.449. The summed E-state index contributed by atoms with van der Waals surface area (Å²) in [5, 5.41) is 4.21. The number of aromatic nitrogens is 3. The Balaban J connectivity index is 2.29. The number of alkyl halides is 1. The van der Waals surface area contributed by atoms with Gasteiger partial charge in [-0.15, -0.1) is 11.6 Å². The first-order valence-electron chi connectivity index (χ1n) is 5.30. The van der Waals surface area contributed by atoms with Crippen molar-refractivity contribution in [1.29, 1.82) is 0 Å². The van der Waals surface area contributed by atoms with Crippen LogP contribution in [0.15, 0.2) is 18.2 Å². The van der Waals surface area contributed by atoms with Crippen LogP contribution in [0.4, 0.5) is 0 Å². The fourth-order valence-electron chi connectivity index (χ4n) is 1.63. The Morgan fingerprint density at radius 2 is 2.00 bits per heavy atom. The van der Waals surface area contributed by atoms with Crippen molar-refractivity contribution in [1.82, 2.24) is 14.8 Å². The lowest BCUT2D eigenvalue weighted by atomic mass is 10.2. The molecule has 2 aromatic rings. The van der Waals surface area contributed by atoms with Gasteiger partial charge in [-0.2, -0.15) is 5.10 Å². The van der Waals surface area contributed by atoms with Crippen molar-refractivity contribution in [2.24, 2.45) is 7.05 Å². The van der Waals surface area contributed by atoms with Gasteiger partial charge in [0.25, 0.3) is 0 Å². The number of hydrogen-bond acceptors (Lipinski definition) is 3. The zero-order chi connectivity index (χ0) is 12.4. The Labute approximate surface area is 105 Å². The summed E-state index contributed by atoms with van der Waals surface area (Å²) < 4.78 is 7.36. The molecule has 0 aliphatic heterocycles. The van der Waals surface area contributed by atoms with Crippen molar-refractivity contribution in [3.8, 4) is 11.8 Å². The number of pyridine rings is 1. The van der Waals surface area contributed by atoms with Crippen LogP contribution in [0.3, 0.4) is 0 Å². The average molecular weight is 252 g/mol. The molecule has 0 spiro atoms. The van der Waals surface area contributed by atoms with Gasteiger partial charge in [0.1, 0.15) is 0 Å². The van der Waals surface area contributed by atoms with E-state index in [0.29, 0.717) is 17.6 Å². The van der Waals surface area contributed by atoms with E-state index in [-0.39, 0.29) is 0 Å². The van der Waals surface area contributed by atoms with E-state index in [2.05, 4.69) is 10.1 Å². The molecule has 0 saturated heterocycles. The van der Waals surface area contributed by atoms with Crippen LogP contribution in [-0.4, -0.2) is 14.8 Å². The van der Waals surface area contributed by atoms with Crippen molar-refractivity contribution in [3.63, 3.8) is 0 Å². The summed E-state index contributed by atoms with van der Waals surface area (Å²) >= 11 is 5.81. The topological polar surface area (TPSA) is 39.9 Å². The number of nitrogens with zero attached hydrogens (tertiary/aromatic N) is 3. The smallest absolute Gasteiger partial charge is 0.221 e. The van der Waals surface area contributed by atoms with Gasteiger partial charge < -0.3 is 4.74 Å². The van der Waals surface area contributed by atoms with E-state index in [0.717, 1.165) is 17.0 Å². The van der Waals surface area contributed by atoms with E-state index in [4.69, 9.17) is 16.3 Å². The summed E-state index contributed by atoms with van der Waals surface area (Å²) in [5.74, 6) is 1.66. The highest BCUT2D eigenvalue weighted by atomic mass is 35.5. The molecule has 0 radical (unpaired) electrons. The standard InChI is InChI=1S/C12H14ClN3O/c1-8-4-10(7-13)6-11(14-8)17-12-5-9(2)15-16(12)3/h4-6H,7H2,1-3H3. The SMILES string of the molecule is Cc1cc(CCl)cc(Oc2cc(C)nn2C)n1. The Hall–Kier alpha value is -1.55. The molecule has 0 N–H and O–H groups in total. The van der Waals surface area contributed by atoms with Gasteiger partial charge in [-0.1, -0.05) is 0 Å². The van der Waals surface area contributed by atoms with Crippen LogP contribution in [0.25, 0.3) is 0 Å². The Bertz CT molecular complexity index is 537. The number of rotatable bonds is 3. The molecule has 4 nitrogen and oxygen atoms in total. The van der Waals surface area contributed by atoms with E-state index in [1.54, 1.807) is 4.68 Å². The quantitative estimate of drug-likeness (QED) is 0.788. The number of halogens is 1. The molecule has 5 heteroatoms. The van der Waals surface area contributed by atoms with Crippen LogP contribution >= 0.6 is 11.6 Å². The van der Waals surface area contributed by atoms with Gasteiger partial charge in [0.2, 0.25) is 11.8 Å². The van der Waals surface area contributed by atoms with Gasteiger partial charge in [0.05, 0.1) is 5.69 Å². The van der Waals surface area contributed by atoms with Crippen molar-refractivity contribution in [2.75, 3.05) is 0 Å². The maximum Gasteiger partial charge on any atom is 0.221 e. The van der Waals surface area contributed by atoms with Crippen molar-refractivity contribution < 1.29 is 4.74 Å². The van der Waals surface area contributed by atoms with Crippen LogP contribution < -0.4 is 4.74 Å². The highest BCUT2D eigenvalue weighted by Crippen LogP contribution is 2.21. The summed E-state index contributed by atoms with van der Waals surface area (Å²) in [6, 6.07) is 5.64. The van der Waals surface area contributed by atoms with E-state index >= 15 is 0 Å². The lowest BCUT2D eigenvalue weighted by molar-refractivity contribution is 0.414. The summed E-state index contributed by atoms with van der Waals surface area (Å²) in [6.07, 6.45) is 0. The van der Waals surface area contributed by atoms with Crippen LogP contribution in [0, 0.1) is 13.8 Å². The third-order valence-electron chi connectivity index (χ3n) is 2.31. The molecule has 0 aliphatic rings. The summed E-state index contributed by atoms with van der Waals surface area (Å²) in [7, 11) is 1.83. The normalized spacial score (nSPS) is 10.6. The van der Waals surface area contributed by atoms with Crippen LogP contribution in [-0.2, 0) is 12.9 Å². The molecular formula is C12H14ClN3O. The van der Waals surface area contributed by atoms with Crippen molar-refractivity contribution >= 4 is 11.6 Å². The fraction of sp³-hybridized carbons (Fsp3) is 0.333. The molecule has 90 valence electrons. The van der Waals surface area contributed by atoms with Crippen LogP contribution in [0.2, 0.25) is 0 Å². The van der Waals surface area contributed by atoms with Crippen LogP contribution in [0.5, 0.6) is 11.8 Å². The molecule has 2 rings (SSSR count). The number of ether oxygens (including phenoxy) is 1. The van der Waals surface area contributed by atoms with Gasteiger partial charge in [-0.25, -0.2) is 9.67 Å². The molecular weight excluding hydrogens is 238 g/mol. The van der Waals surface area contributed by atoms with E-state index in [1.807, 2.05) is 39.1 Å². The van der Waals surface area contributed by atoms with Gasteiger partial charge in [0, 0.05) is 30.8 Å². The second kappa shape index (κ2) is 4.75. The molecule has 0 unspecified atom stereocenters. The predicted octanol–water partition coefficient (Wildman–Crippen LogP) is 2.96. The highest BCUT2D eigenvalue weighted by Gasteiger charge is 2.07. The second-order valence-electron chi connectivity index (χ2n) is 3.94. The summed E-state index contributed by atoms with van der Waals surface area (Å²) in [6.45, 7) is 3.83. The molecule has 0 saturated carbocycles. The molecule has 2 heterocycles. The first kappa shape index (κ1) is 11.9. The van der Waals surface area contributed by atoms with E-state index in [1.165, 1.54) is 0 Å². The van der Waals surface area contributed by atoms with Crippen molar-refractivity contribution in [3.05, 3.63) is 35.2 Å². The lowest BCUT2D eigenvalue weighted by Crippen LogP contribution is -1.98. The first-order valence-corrected chi connectivity index (χ1v) is 5.84. The lowest BCUT2D eigenvalue weighted by Gasteiger charge is -2.06. The fourth-order valence-corrected chi connectivity index (χ4v) is 1.78. The Kier molecular flexibility index (Phi) is 3.33. The number of hydrogen-bond donors (Lipinski definition) is 0. The summed E-state index contributed by atoms with van der Waals surface area (Å²) in [4.78, 5) is 4.31. The largest absolute Gasteiger partial charge is 0.421 e. The monoisotopic (exact) mass is 251 g/mol. The van der Waals surface area contributed by atoms with E-state index in [9.17, 15) is 0 Å². The average Bonchev–Trinajstić information content (AvgIpc) is 2.56. The van der Waals surface area contributed by atoms with Gasteiger partial charge >= 0.3 is 0 Å². The minimum atomic E-state index is 0.449. The maximum atomic E-state index is 5.81. The predicted molar refractivity (Wildman–Crippen MR) is 66.6 cm³/mol. The minimum Gasteiger partial charge on any atom is -0.421 e. The van der Waals surface area contributed by atoms with Crippen molar-refractivity contribution in [2.45, 2.75) is 19.7 Å². The second-order valence-corrected chi connectivity index (χ2v) is 4.21. The van der Waals surface area contributed by atoms with Crippen LogP contribution in [0.1, 0.15) is 17.0 Å². The third kappa shape index (κ3) is 2.77. The molecule has 0 fully saturated rings. The zero-order valence-corrected chi connectivity index (χ0v) is 10.8. The van der Waals surface area contributed by atoms with Gasteiger partial charge in [0.15, 0.2) is 0 Å². The van der Waals surface area contributed by atoms with Gasteiger partial charge in [-0.3, -0.25) is 0 Å². The Morgan fingerprint density at radius 3 is 2.59 bits per heavy atom. The maximum absolute atomic E-state index is 5.81. The first-order chi connectivity index (χ1) is 8.08. The Morgan fingerprint density at radius 1 is 1.24 bits per heavy atom. The molecule has 0 aliphatic carbocycles. The molecule has 0 aromatic carbocycles.